The molecule has 0 N–H and O–H groups in total. The number of nitro groups is 1. The number of anilines is 1. The fourth-order valence-corrected chi connectivity index (χ4v) is 3.94. The lowest BCUT2D eigenvalue weighted by Gasteiger charge is -2.56. The van der Waals surface area contributed by atoms with Gasteiger partial charge in [-0.3, -0.25) is 14.9 Å². The van der Waals surface area contributed by atoms with Crippen molar-refractivity contribution in [1.29, 1.82) is 0 Å². The molecule has 8 heteroatoms. The first-order valence-corrected chi connectivity index (χ1v) is 8.57. The summed E-state index contributed by atoms with van der Waals surface area (Å²) in [5.41, 5.74) is 0.940. The third kappa shape index (κ3) is 2.67. The number of rotatable bonds is 3. The van der Waals surface area contributed by atoms with Crippen LogP contribution in [0.25, 0.3) is 0 Å². The normalized spacial score (nSPS) is 21.3. The van der Waals surface area contributed by atoms with E-state index in [1.54, 1.807) is 17.0 Å². The lowest BCUT2D eigenvalue weighted by atomic mass is 9.86. The van der Waals surface area contributed by atoms with Crippen LogP contribution in [0, 0.1) is 24.0 Å². The minimum atomic E-state index is -0.498. The average Bonchev–Trinajstić information content (AvgIpc) is 2.60. The number of carbonyl (C=O) groups excluding carboxylic acids is 1. The van der Waals surface area contributed by atoms with Crippen molar-refractivity contribution in [2.45, 2.75) is 32.4 Å². The number of amides is 1. The van der Waals surface area contributed by atoms with Crippen LogP contribution in [0.3, 0.4) is 0 Å². The molecule has 3 saturated heterocycles. The first-order valence-electron chi connectivity index (χ1n) is 8.57. The van der Waals surface area contributed by atoms with Crippen LogP contribution in [-0.2, 0) is 0 Å². The molecule has 3 aliphatic rings. The Morgan fingerprint density at radius 2 is 1.88 bits per heavy atom. The average molecular weight is 353 g/mol. The summed E-state index contributed by atoms with van der Waals surface area (Å²) in [4.78, 5) is 36.4. The Hall–Kier alpha value is -3.03. The predicted octanol–water partition coefficient (Wildman–Crippen LogP) is 2.10. The summed E-state index contributed by atoms with van der Waals surface area (Å²) < 4.78 is 0. The van der Waals surface area contributed by atoms with E-state index in [0.29, 0.717) is 13.1 Å². The molecule has 3 fully saturated rings. The van der Waals surface area contributed by atoms with Gasteiger partial charge in [0.05, 0.1) is 17.0 Å². The molecule has 8 nitrogen and oxygen atoms in total. The minimum Gasteiger partial charge on any atom is -0.352 e. The predicted molar refractivity (Wildman–Crippen MR) is 95.2 cm³/mol. The number of piperazine rings is 1. The van der Waals surface area contributed by atoms with Crippen molar-refractivity contribution in [1.82, 2.24) is 14.9 Å². The van der Waals surface area contributed by atoms with Gasteiger partial charge in [0.25, 0.3) is 11.6 Å². The topological polar surface area (TPSA) is 92.5 Å². The summed E-state index contributed by atoms with van der Waals surface area (Å²) in [5, 5.41) is 11.2. The second-order valence-corrected chi connectivity index (χ2v) is 6.85. The van der Waals surface area contributed by atoms with Crippen LogP contribution in [0.15, 0.2) is 30.3 Å². The highest BCUT2D eigenvalue weighted by Crippen LogP contribution is 2.36. The molecule has 0 saturated carbocycles. The number of fused-ring (bicyclic) bond motifs is 2. The van der Waals surface area contributed by atoms with Crippen molar-refractivity contribution in [2.75, 3.05) is 18.0 Å². The van der Waals surface area contributed by atoms with Crippen molar-refractivity contribution in [2.24, 2.45) is 0 Å². The summed E-state index contributed by atoms with van der Waals surface area (Å²) in [5.74, 6) is 1.35. The first-order chi connectivity index (χ1) is 12.4. The van der Waals surface area contributed by atoms with E-state index in [2.05, 4.69) is 14.9 Å². The Morgan fingerprint density at radius 3 is 2.54 bits per heavy atom. The lowest BCUT2D eigenvalue weighted by Crippen LogP contribution is -2.70. The Balaban J connectivity index is 1.55. The SMILES string of the molecule is Cc1cc(N2CC3CC(C2)N3C(=O)c2ccccc2[N+](=O)[O-])nc(C)n1. The van der Waals surface area contributed by atoms with E-state index in [-0.39, 0.29) is 29.2 Å². The van der Waals surface area contributed by atoms with E-state index in [1.165, 1.54) is 12.1 Å². The number of nitrogens with zero attached hydrogens (tertiary/aromatic N) is 5. The molecular formula is C18H19N5O3. The third-order valence-corrected chi connectivity index (χ3v) is 5.04. The second kappa shape index (κ2) is 6.05. The van der Waals surface area contributed by atoms with Gasteiger partial charge < -0.3 is 9.80 Å². The first kappa shape index (κ1) is 16.4. The number of nitro benzene ring substituents is 1. The molecule has 1 amide bonds. The van der Waals surface area contributed by atoms with Gasteiger partial charge in [-0.1, -0.05) is 12.1 Å². The maximum absolute atomic E-state index is 12.9. The molecule has 0 spiro atoms. The van der Waals surface area contributed by atoms with Crippen molar-refractivity contribution < 1.29 is 9.72 Å². The number of aromatic nitrogens is 2. The molecule has 0 aliphatic carbocycles. The molecule has 5 rings (SSSR count). The highest BCUT2D eigenvalue weighted by Gasteiger charge is 2.48. The molecule has 2 aromatic rings. The van der Waals surface area contributed by atoms with Crippen LogP contribution in [0.5, 0.6) is 0 Å². The van der Waals surface area contributed by atoms with Crippen LogP contribution < -0.4 is 4.90 Å². The smallest absolute Gasteiger partial charge is 0.282 e. The molecule has 26 heavy (non-hydrogen) atoms. The lowest BCUT2D eigenvalue weighted by molar-refractivity contribution is -0.385. The van der Waals surface area contributed by atoms with E-state index in [9.17, 15) is 14.9 Å². The highest BCUT2D eigenvalue weighted by atomic mass is 16.6. The number of hydrogen-bond acceptors (Lipinski definition) is 6. The fraction of sp³-hybridized carbons (Fsp3) is 0.389. The molecule has 1 aromatic heterocycles. The largest absolute Gasteiger partial charge is 0.352 e. The monoisotopic (exact) mass is 353 g/mol. The number of hydrogen-bond donors (Lipinski definition) is 0. The Kier molecular flexibility index (Phi) is 3.82. The maximum Gasteiger partial charge on any atom is 0.282 e. The quantitative estimate of drug-likeness (QED) is 0.620. The van der Waals surface area contributed by atoms with Gasteiger partial charge in [-0.15, -0.1) is 0 Å². The molecule has 3 aliphatic heterocycles. The van der Waals surface area contributed by atoms with Crippen LogP contribution in [0.4, 0.5) is 11.5 Å². The van der Waals surface area contributed by atoms with Gasteiger partial charge in [-0.25, -0.2) is 9.97 Å². The standard InChI is InChI=1S/C18H19N5O3/c1-11-7-17(20-12(2)19-11)21-9-13-8-14(10-21)22(13)18(24)15-5-3-4-6-16(15)23(25)26/h3-7,13-14H,8-10H2,1-2H3. The Labute approximate surface area is 150 Å². The summed E-state index contributed by atoms with van der Waals surface area (Å²) >= 11 is 0. The van der Waals surface area contributed by atoms with Gasteiger partial charge in [0.2, 0.25) is 0 Å². The molecule has 134 valence electrons. The molecule has 2 bridgehead atoms. The molecule has 1 aromatic carbocycles. The van der Waals surface area contributed by atoms with Crippen molar-refractivity contribution in [3.05, 3.63) is 57.5 Å². The molecule has 0 radical (unpaired) electrons. The van der Waals surface area contributed by atoms with Gasteiger partial charge in [0, 0.05) is 30.9 Å². The summed E-state index contributed by atoms with van der Waals surface area (Å²) in [6, 6.07) is 8.20. The van der Waals surface area contributed by atoms with Crippen molar-refractivity contribution in [3.63, 3.8) is 0 Å². The molecule has 2 unspecified atom stereocenters. The summed E-state index contributed by atoms with van der Waals surface area (Å²) in [6.07, 6.45) is 0.923. The zero-order chi connectivity index (χ0) is 18.4. The molecular weight excluding hydrogens is 334 g/mol. The Bertz CT molecular complexity index is 868. The molecule has 2 atom stereocenters. The van der Waals surface area contributed by atoms with E-state index in [1.807, 2.05) is 19.9 Å². The van der Waals surface area contributed by atoms with Gasteiger partial charge in [0.1, 0.15) is 17.2 Å². The summed E-state index contributed by atoms with van der Waals surface area (Å²) in [6.45, 7) is 5.16. The second-order valence-electron chi connectivity index (χ2n) is 6.85. The van der Waals surface area contributed by atoms with E-state index >= 15 is 0 Å². The number of para-hydroxylation sites is 1. The minimum absolute atomic E-state index is 0.0524. The fourth-order valence-electron chi connectivity index (χ4n) is 3.94. The van der Waals surface area contributed by atoms with Gasteiger partial charge in [0.15, 0.2) is 0 Å². The van der Waals surface area contributed by atoms with Gasteiger partial charge in [-0.05, 0) is 26.3 Å². The van der Waals surface area contributed by atoms with Crippen LogP contribution >= 0.6 is 0 Å². The number of aryl methyl sites for hydroxylation is 2. The number of piperidine rings is 1. The maximum atomic E-state index is 12.9. The van der Waals surface area contributed by atoms with Crippen molar-refractivity contribution in [3.8, 4) is 0 Å². The number of benzene rings is 1. The van der Waals surface area contributed by atoms with Gasteiger partial charge in [-0.2, -0.15) is 0 Å². The van der Waals surface area contributed by atoms with E-state index in [0.717, 1.165) is 23.8 Å². The Morgan fingerprint density at radius 1 is 1.19 bits per heavy atom. The van der Waals surface area contributed by atoms with Crippen LogP contribution in [0.2, 0.25) is 0 Å². The van der Waals surface area contributed by atoms with Crippen molar-refractivity contribution >= 4 is 17.4 Å². The highest BCUT2D eigenvalue weighted by molar-refractivity contribution is 5.99. The zero-order valence-electron chi connectivity index (χ0n) is 14.6. The third-order valence-electron chi connectivity index (χ3n) is 5.04. The zero-order valence-corrected chi connectivity index (χ0v) is 14.6. The van der Waals surface area contributed by atoms with Crippen LogP contribution in [0.1, 0.15) is 28.3 Å². The van der Waals surface area contributed by atoms with Gasteiger partial charge >= 0.3 is 0 Å². The van der Waals surface area contributed by atoms with E-state index in [4.69, 9.17) is 0 Å². The summed E-state index contributed by atoms with van der Waals surface area (Å²) in [7, 11) is 0. The van der Waals surface area contributed by atoms with Crippen LogP contribution in [-0.4, -0.2) is 50.9 Å². The molecule has 4 heterocycles. The van der Waals surface area contributed by atoms with E-state index < -0.39 is 4.92 Å². The number of carbonyl (C=O) groups is 1.